The molecule has 0 amide bonds. The van der Waals surface area contributed by atoms with E-state index in [9.17, 15) is 0 Å². The summed E-state index contributed by atoms with van der Waals surface area (Å²) in [4.78, 5) is 4.34. The van der Waals surface area contributed by atoms with Crippen LogP contribution in [-0.2, 0) is 6.54 Å². The van der Waals surface area contributed by atoms with Crippen molar-refractivity contribution in [3.05, 3.63) is 17.2 Å². The number of aromatic nitrogens is 2. The van der Waals surface area contributed by atoms with Gasteiger partial charge in [0, 0.05) is 12.2 Å². The van der Waals surface area contributed by atoms with Gasteiger partial charge in [0.1, 0.15) is 5.82 Å². The number of aryl methyl sites for hydroxylation is 2. The summed E-state index contributed by atoms with van der Waals surface area (Å²) in [6.07, 6.45) is 0. The first-order valence-corrected chi connectivity index (χ1v) is 3.67. The van der Waals surface area contributed by atoms with Gasteiger partial charge in [0.15, 0.2) is 0 Å². The van der Waals surface area contributed by atoms with Crippen molar-refractivity contribution >= 4 is 17.0 Å². The lowest BCUT2D eigenvalue weighted by molar-refractivity contribution is 0.708. The molecular weight excluding hydrogens is 204 g/mol. The Kier molecular flexibility index (Phi) is 3.79. The number of halogens is 1. The summed E-state index contributed by atoms with van der Waals surface area (Å²) in [7, 11) is 0. The van der Waals surface area contributed by atoms with E-state index in [-0.39, 0.29) is 17.0 Å². The predicted molar refractivity (Wildman–Crippen MR) is 52.4 cm³/mol. The topological polar surface area (TPSA) is 17.8 Å². The van der Waals surface area contributed by atoms with Crippen molar-refractivity contribution in [1.82, 2.24) is 9.55 Å². The Balaban J connectivity index is 0.000001000. The van der Waals surface area contributed by atoms with Crippen molar-refractivity contribution in [3.8, 4) is 0 Å². The molecule has 1 rings (SSSR count). The Morgan fingerprint density at radius 2 is 1.82 bits per heavy atom. The van der Waals surface area contributed by atoms with E-state index in [0.717, 1.165) is 18.1 Å². The first-order valence-electron chi connectivity index (χ1n) is 3.67. The minimum atomic E-state index is 0. The quantitative estimate of drug-likeness (QED) is 0.709. The van der Waals surface area contributed by atoms with Crippen LogP contribution in [0.15, 0.2) is 0 Å². The van der Waals surface area contributed by atoms with Crippen LogP contribution in [0.25, 0.3) is 0 Å². The maximum Gasteiger partial charge on any atom is 0.106 e. The Morgan fingerprint density at radius 3 is 2.00 bits per heavy atom. The third-order valence-corrected chi connectivity index (χ3v) is 1.96. The van der Waals surface area contributed by atoms with Gasteiger partial charge in [-0.15, -0.1) is 17.0 Å². The van der Waals surface area contributed by atoms with Crippen LogP contribution in [0.2, 0.25) is 0 Å². The third kappa shape index (κ3) is 1.83. The molecule has 0 fully saturated rings. The molecule has 1 aromatic rings. The first-order chi connectivity index (χ1) is 4.66. The lowest BCUT2D eigenvalue weighted by atomic mass is 10.4. The average Bonchev–Trinajstić information content (AvgIpc) is 2.09. The van der Waals surface area contributed by atoms with Crippen LogP contribution in [0.1, 0.15) is 24.1 Å². The third-order valence-electron chi connectivity index (χ3n) is 1.96. The molecule has 11 heavy (non-hydrogen) atoms. The molecule has 0 aliphatic heterocycles. The monoisotopic (exact) mass is 218 g/mol. The van der Waals surface area contributed by atoms with Gasteiger partial charge in [-0.2, -0.15) is 0 Å². The van der Waals surface area contributed by atoms with E-state index in [1.807, 2.05) is 6.92 Å². The second-order valence-electron chi connectivity index (χ2n) is 2.57. The fourth-order valence-electron chi connectivity index (χ4n) is 1.29. The van der Waals surface area contributed by atoms with Gasteiger partial charge < -0.3 is 4.57 Å². The van der Waals surface area contributed by atoms with Gasteiger partial charge >= 0.3 is 0 Å². The highest BCUT2D eigenvalue weighted by Gasteiger charge is 2.03. The minimum absolute atomic E-state index is 0. The van der Waals surface area contributed by atoms with Crippen molar-refractivity contribution in [2.45, 2.75) is 34.2 Å². The molecule has 0 aliphatic carbocycles. The normalized spacial score (nSPS) is 9.45. The molecule has 1 heterocycles. The molecule has 2 nitrogen and oxygen atoms in total. The van der Waals surface area contributed by atoms with Crippen LogP contribution in [0, 0.1) is 20.8 Å². The predicted octanol–water partition coefficient (Wildman–Crippen LogP) is 2.41. The van der Waals surface area contributed by atoms with E-state index in [1.165, 1.54) is 5.69 Å². The Morgan fingerprint density at radius 1 is 1.27 bits per heavy atom. The van der Waals surface area contributed by atoms with Gasteiger partial charge in [0.2, 0.25) is 0 Å². The summed E-state index contributed by atoms with van der Waals surface area (Å²) in [5, 5.41) is 0. The largest absolute Gasteiger partial charge is 0.333 e. The summed E-state index contributed by atoms with van der Waals surface area (Å²) < 4.78 is 2.22. The summed E-state index contributed by atoms with van der Waals surface area (Å²) in [6, 6.07) is 0. The fourth-order valence-corrected chi connectivity index (χ4v) is 1.29. The SMILES string of the molecule is Br.CCn1c(C)nc(C)c1C. The molecule has 0 N–H and O–H groups in total. The molecule has 1 aromatic heterocycles. The van der Waals surface area contributed by atoms with Gasteiger partial charge in [-0.05, 0) is 27.7 Å². The van der Waals surface area contributed by atoms with Crippen molar-refractivity contribution in [2.75, 3.05) is 0 Å². The average molecular weight is 219 g/mol. The Labute approximate surface area is 78.4 Å². The molecule has 3 heteroatoms. The summed E-state index contributed by atoms with van der Waals surface area (Å²) in [5.74, 6) is 1.12. The highest BCUT2D eigenvalue weighted by Crippen LogP contribution is 2.07. The molecule has 0 spiro atoms. The maximum atomic E-state index is 4.34. The van der Waals surface area contributed by atoms with Crippen LogP contribution in [0.5, 0.6) is 0 Å². The number of hydrogen-bond acceptors (Lipinski definition) is 1. The molecule has 0 radical (unpaired) electrons. The van der Waals surface area contributed by atoms with E-state index in [4.69, 9.17) is 0 Å². The van der Waals surface area contributed by atoms with E-state index in [0.29, 0.717) is 0 Å². The number of hydrogen-bond donors (Lipinski definition) is 0. The van der Waals surface area contributed by atoms with Crippen LogP contribution in [-0.4, -0.2) is 9.55 Å². The van der Waals surface area contributed by atoms with Crippen LogP contribution < -0.4 is 0 Å². The van der Waals surface area contributed by atoms with Gasteiger partial charge in [0.25, 0.3) is 0 Å². The van der Waals surface area contributed by atoms with Crippen molar-refractivity contribution in [1.29, 1.82) is 0 Å². The lowest BCUT2D eigenvalue weighted by Crippen LogP contribution is -1.98. The lowest BCUT2D eigenvalue weighted by Gasteiger charge is -2.01. The van der Waals surface area contributed by atoms with Crippen LogP contribution in [0.3, 0.4) is 0 Å². The van der Waals surface area contributed by atoms with Crippen LogP contribution >= 0.6 is 17.0 Å². The fraction of sp³-hybridized carbons (Fsp3) is 0.625. The Bertz CT molecular complexity index is 240. The van der Waals surface area contributed by atoms with Gasteiger partial charge in [-0.3, -0.25) is 0 Å². The smallest absolute Gasteiger partial charge is 0.106 e. The highest BCUT2D eigenvalue weighted by molar-refractivity contribution is 8.93. The van der Waals surface area contributed by atoms with Crippen molar-refractivity contribution in [3.63, 3.8) is 0 Å². The standard InChI is InChI=1S/C8H14N2.BrH/c1-5-10-7(3)6(2)9-8(10)4;/h5H2,1-4H3;1H. The van der Waals surface area contributed by atoms with Crippen LogP contribution in [0.4, 0.5) is 0 Å². The van der Waals surface area contributed by atoms with Gasteiger partial charge in [-0.25, -0.2) is 4.98 Å². The number of nitrogens with zero attached hydrogens (tertiary/aromatic N) is 2. The zero-order valence-corrected chi connectivity index (χ0v) is 9.22. The molecule has 0 unspecified atom stereocenters. The summed E-state index contributed by atoms with van der Waals surface area (Å²) >= 11 is 0. The highest BCUT2D eigenvalue weighted by atomic mass is 79.9. The van der Waals surface area contributed by atoms with E-state index < -0.39 is 0 Å². The Hall–Kier alpha value is -0.310. The molecule has 0 aliphatic rings. The first kappa shape index (κ1) is 10.7. The molecule has 0 atom stereocenters. The molecule has 0 saturated heterocycles. The molecular formula is C8H15BrN2. The second-order valence-corrected chi connectivity index (χ2v) is 2.57. The van der Waals surface area contributed by atoms with Crippen molar-refractivity contribution in [2.24, 2.45) is 0 Å². The molecule has 0 aromatic carbocycles. The zero-order valence-electron chi connectivity index (χ0n) is 7.51. The number of rotatable bonds is 1. The van der Waals surface area contributed by atoms with E-state index in [2.05, 4.69) is 30.3 Å². The summed E-state index contributed by atoms with van der Waals surface area (Å²) in [5.41, 5.74) is 2.44. The zero-order chi connectivity index (χ0) is 7.72. The van der Waals surface area contributed by atoms with E-state index >= 15 is 0 Å². The molecule has 0 bridgehead atoms. The number of imidazole rings is 1. The summed E-state index contributed by atoms with van der Waals surface area (Å²) in [6.45, 7) is 9.37. The van der Waals surface area contributed by atoms with Crippen molar-refractivity contribution < 1.29 is 0 Å². The minimum Gasteiger partial charge on any atom is -0.333 e. The maximum absolute atomic E-state index is 4.34. The van der Waals surface area contributed by atoms with Gasteiger partial charge in [-0.1, -0.05) is 0 Å². The molecule has 64 valence electrons. The van der Waals surface area contributed by atoms with E-state index in [1.54, 1.807) is 0 Å². The molecule has 0 saturated carbocycles. The second kappa shape index (κ2) is 3.90. The van der Waals surface area contributed by atoms with Gasteiger partial charge in [0.05, 0.1) is 5.69 Å².